The lowest BCUT2D eigenvalue weighted by molar-refractivity contribution is -0.161. The minimum atomic E-state index is -5.00. The summed E-state index contributed by atoms with van der Waals surface area (Å²) >= 11 is 0. The number of aliphatic hydroxyl groups is 1. The number of esters is 4. The molecule has 0 aromatic carbocycles. The highest BCUT2D eigenvalue weighted by atomic mass is 31.2. The molecule has 17 nitrogen and oxygen atoms in total. The Labute approximate surface area is 618 Å². The zero-order chi connectivity index (χ0) is 74.6. The molecule has 0 aliphatic heterocycles. The van der Waals surface area contributed by atoms with E-state index in [1.165, 1.54) is 57.8 Å². The summed E-state index contributed by atoms with van der Waals surface area (Å²) in [5, 5.41) is 10.6. The SMILES string of the molecule is CC/C=C\C/C=C\C/C=C\C/C=C\C/C=C\CCCC(=O)OCC(COP(=O)(O)OCC(O)COP(=O)(O)OCC(COC(=O)CCCCCCC/C=C\C/C=C\CCCCC)OC(=O)CCCCCCC/C=C\C/C=C\CCCCC)OC(=O)CCCCCCC/C=C\C/C=C\CCCCC. The predicted octanol–water partition coefficient (Wildman–Crippen LogP) is 22.9. The summed E-state index contributed by atoms with van der Waals surface area (Å²) in [7, 11) is -9.99. The molecular weight excluding hydrogens is 1330 g/mol. The Hall–Kier alpha value is -4.80. The molecule has 0 aromatic heterocycles. The van der Waals surface area contributed by atoms with Gasteiger partial charge in [-0.3, -0.25) is 37.3 Å². The second kappa shape index (κ2) is 74.5. The van der Waals surface area contributed by atoms with Gasteiger partial charge in [-0.2, -0.15) is 0 Å². The zero-order valence-corrected chi connectivity index (χ0v) is 65.5. The molecule has 0 rings (SSSR count). The van der Waals surface area contributed by atoms with Gasteiger partial charge in [-0.25, -0.2) is 9.13 Å². The number of rotatable bonds is 73. The fourth-order valence-electron chi connectivity index (χ4n) is 10.1. The molecule has 0 aromatic rings. The third-order valence-corrected chi connectivity index (χ3v) is 18.0. The van der Waals surface area contributed by atoms with Crippen molar-refractivity contribution in [3.05, 3.63) is 134 Å². The molecule has 0 bridgehead atoms. The van der Waals surface area contributed by atoms with E-state index in [0.29, 0.717) is 32.1 Å². The molecule has 0 spiro atoms. The molecule has 19 heteroatoms. The number of carbonyl (C=O) groups is 4. The van der Waals surface area contributed by atoms with E-state index >= 15 is 0 Å². The van der Waals surface area contributed by atoms with E-state index in [-0.39, 0.29) is 25.7 Å². The molecule has 5 atom stereocenters. The maximum absolute atomic E-state index is 13.1. The second-order valence-corrected chi connectivity index (χ2v) is 28.8. The molecule has 0 aliphatic carbocycles. The molecule has 0 amide bonds. The number of aliphatic hydroxyl groups excluding tert-OH is 1. The van der Waals surface area contributed by atoms with Crippen LogP contribution in [-0.4, -0.2) is 96.7 Å². The van der Waals surface area contributed by atoms with Crippen molar-refractivity contribution in [1.82, 2.24) is 0 Å². The molecule has 0 saturated carbocycles. The third kappa shape index (κ3) is 73.5. The highest BCUT2D eigenvalue weighted by Gasteiger charge is 2.30. The first-order chi connectivity index (χ1) is 49.7. The number of ether oxygens (including phenoxy) is 4. The van der Waals surface area contributed by atoms with Crippen molar-refractivity contribution in [2.45, 2.75) is 329 Å². The quantitative estimate of drug-likeness (QED) is 0.0169. The monoisotopic (exact) mass is 1470 g/mol. The lowest BCUT2D eigenvalue weighted by Gasteiger charge is -2.21. The molecule has 0 radical (unpaired) electrons. The highest BCUT2D eigenvalue weighted by Crippen LogP contribution is 2.45. The minimum Gasteiger partial charge on any atom is -0.462 e. The van der Waals surface area contributed by atoms with Crippen molar-refractivity contribution in [2.75, 3.05) is 39.6 Å². The number of carbonyl (C=O) groups excluding carboxylic acids is 4. The summed E-state index contributed by atoms with van der Waals surface area (Å²) in [6, 6.07) is 0. The van der Waals surface area contributed by atoms with Crippen LogP contribution in [0.2, 0.25) is 0 Å². The number of allylic oxidation sites excluding steroid dienone is 22. The van der Waals surface area contributed by atoms with E-state index < -0.39 is 97.5 Å². The van der Waals surface area contributed by atoms with Crippen molar-refractivity contribution in [3.63, 3.8) is 0 Å². The van der Waals surface area contributed by atoms with Gasteiger partial charge in [-0.05, 0) is 161 Å². The average molecular weight is 1470 g/mol. The van der Waals surface area contributed by atoms with Crippen LogP contribution in [0.5, 0.6) is 0 Å². The van der Waals surface area contributed by atoms with Gasteiger partial charge in [0.05, 0.1) is 26.4 Å². The van der Waals surface area contributed by atoms with Crippen LogP contribution in [0.4, 0.5) is 0 Å². The minimum absolute atomic E-state index is 0.0630. The number of phosphoric ester groups is 2. The highest BCUT2D eigenvalue weighted by molar-refractivity contribution is 7.47. The Balaban J connectivity index is 5.45. The van der Waals surface area contributed by atoms with E-state index in [1.54, 1.807) is 0 Å². The van der Waals surface area contributed by atoms with E-state index in [4.69, 9.17) is 37.0 Å². The Morgan fingerprint density at radius 3 is 0.824 bits per heavy atom. The van der Waals surface area contributed by atoms with E-state index in [1.807, 2.05) is 12.2 Å². The average Bonchev–Trinajstić information content (AvgIpc) is 0.923. The van der Waals surface area contributed by atoms with Gasteiger partial charge in [0.25, 0.3) is 0 Å². The fraction of sp³-hybridized carbons (Fsp3) is 0.687. The van der Waals surface area contributed by atoms with E-state index in [9.17, 15) is 43.2 Å². The van der Waals surface area contributed by atoms with Crippen LogP contribution in [0.3, 0.4) is 0 Å². The van der Waals surface area contributed by atoms with Crippen molar-refractivity contribution in [1.29, 1.82) is 0 Å². The Morgan fingerprint density at radius 2 is 0.520 bits per heavy atom. The maximum atomic E-state index is 13.1. The second-order valence-electron chi connectivity index (χ2n) is 25.9. The lowest BCUT2D eigenvalue weighted by atomic mass is 10.1. The summed E-state index contributed by atoms with van der Waals surface area (Å²) in [5.41, 5.74) is 0. The Bertz CT molecular complexity index is 2460. The third-order valence-electron chi connectivity index (χ3n) is 16.1. The van der Waals surface area contributed by atoms with Crippen LogP contribution in [0.25, 0.3) is 0 Å². The topological polar surface area (TPSA) is 237 Å². The summed E-state index contributed by atoms with van der Waals surface area (Å²) in [6.07, 6.45) is 82.9. The zero-order valence-electron chi connectivity index (χ0n) is 63.7. The summed E-state index contributed by atoms with van der Waals surface area (Å²) in [5.74, 6) is -2.29. The van der Waals surface area contributed by atoms with Crippen molar-refractivity contribution < 1.29 is 80.2 Å². The molecule has 5 unspecified atom stereocenters. The van der Waals surface area contributed by atoms with Crippen LogP contribution in [0.1, 0.15) is 310 Å². The summed E-state index contributed by atoms with van der Waals surface area (Å²) < 4.78 is 68.5. The van der Waals surface area contributed by atoms with E-state index in [2.05, 4.69) is 149 Å². The molecule has 102 heavy (non-hydrogen) atoms. The van der Waals surface area contributed by atoms with Gasteiger partial charge in [0.15, 0.2) is 12.2 Å². The van der Waals surface area contributed by atoms with Crippen molar-refractivity contribution >= 4 is 39.5 Å². The van der Waals surface area contributed by atoms with Crippen LogP contribution < -0.4 is 0 Å². The number of unbranched alkanes of at least 4 members (excludes halogenated alkanes) is 25. The first-order valence-corrected chi connectivity index (χ1v) is 42.4. The standard InChI is InChI=1S/C83H140O17P2/c1-5-9-13-17-21-25-29-33-37-38-42-44-48-52-56-60-64-68-81(86)94-74-79(100-83(88)70-66-62-58-54-50-46-41-36-32-28-24-20-16-12-8-4)76-98-102(91,92)96-72-77(84)71-95-101(89,90)97-75-78(99-82(87)69-65-61-57-53-49-45-40-35-31-27-23-19-15-11-7-3)73-93-80(85)67-63-59-55-51-47-43-39-34-30-26-22-18-14-10-6-2/h9,13,21-28,33-37,39-42,44,52,56,77-79,84H,5-8,10-12,14-20,29-32,38,43,45-51,53-55,57-76H2,1-4H3,(H,89,90)(H,91,92)/b13-9-,25-21-,26-22-,27-23-,28-24-,37-33-,39-34-,40-35-,41-36-,44-42-,56-52-. The molecule has 584 valence electrons. The van der Waals surface area contributed by atoms with Crippen LogP contribution in [0, 0.1) is 0 Å². The van der Waals surface area contributed by atoms with Gasteiger partial charge < -0.3 is 33.8 Å². The molecule has 3 N–H and O–H groups in total. The predicted molar refractivity (Wildman–Crippen MR) is 418 cm³/mol. The van der Waals surface area contributed by atoms with Crippen LogP contribution in [-0.2, 0) is 65.4 Å². The normalized spacial score (nSPS) is 14.6. The fourth-order valence-corrected chi connectivity index (χ4v) is 11.6. The van der Waals surface area contributed by atoms with Gasteiger partial charge >= 0.3 is 39.5 Å². The molecule has 0 saturated heterocycles. The van der Waals surface area contributed by atoms with Crippen LogP contribution in [0.15, 0.2) is 134 Å². The van der Waals surface area contributed by atoms with Gasteiger partial charge in [0, 0.05) is 25.7 Å². The van der Waals surface area contributed by atoms with Crippen molar-refractivity contribution in [2.24, 2.45) is 0 Å². The van der Waals surface area contributed by atoms with Gasteiger partial charge in [0.1, 0.15) is 19.3 Å². The van der Waals surface area contributed by atoms with Gasteiger partial charge in [0.2, 0.25) is 0 Å². The molecular formula is C83H140O17P2. The van der Waals surface area contributed by atoms with Crippen LogP contribution >= 0.6 is 15.6 Å². The largest absolute Gasteiger partial charge is 0.472 e. The Morgan fingerprint density at radius 1 is 0.284 bits per heavy atom. The lowest BCUT2D eigenvalue weighted by Crippen LogP contribution is -2.30. The smallest absolute Gasteiger partial charge is 0.462 e. The number of phosphoric acid groups is 2. The maximum Gasteiger partial charge on any atom is 0.472 e. The van der Waals surface area contributed by atoms with Crippen molar-refractivity contribution in [3.8, 4) is 0 Å². The number of hydrogen-bond acceptors (Lipinski definition) is 15. The summed E-state index contributed by atoms with van der Waals surface area (Å²) in [6.45, 7) is 4.57. The first kappa shape index (κ1) is 97.2. The van der Waals surface area contributed by atoms with Gasteiger partial charge in [-0.15, -0.1) is 0 Å². The summed E-state index contributed by atoms with van der Waals surface area (Å²) in [4.78, 5) is 73.0. The first-order valence-electron chi connectivity index (χ1n) is 39.4. The number of hydrogen-bond donors (Lipinski definition) is 3. The molecule has 0 fully saturated rings. The van der Waals surface area contributed by atoms with E-state index in [0.717, 1.165) is 167 Å². The van der Waals surface area contributed by atoms with Gasteiger partial charge in [-0.1, -0.05) is 258 Å². The Kier molecular flexibility index (Phi) is 71.0. The molecule has 0 heterocycles. The molecule has 0 aliphatic rings.